The summed E-state index contributed by atoms with van der Waals surface area (Å²) in [4.78, 5) is 28.2. The lowest BCUT2D eigenvalue weighted by molar-refractivity contribution is -0.140. The molecule has 0 aliphatic rings. The van der Waals surface area contributed by atoms with E-state index in [2.05, 4.69) is 5.32 Å². The fourth-order valence-electron chi connectivity index (χ4n) is 3.82. The molecule has 1 N–H and O–H groups in total. The van der Waals surface area contributed by atoms with Gasteiger partial charge in [0, 0.05) is 13.1 Å². The maximum absolute atomic E-state index is 13.7. The van der Waals surface area contributed by atoms with Crippen LogP contribution in [0.4, 0.5) is 5.69 Å². The van der Waals surface area contributed by atoms with Crippen molar-refractivity contribution in [2.75, 3.05) is 23.7 Å². The highest BCUT2D eigenvalue weighted by molar-refractivity contribution is 7.92. The van der Waals surface area contributed by atoms with Crippen molar-refractivity contribution in [2.24, 2.45) is 5.92 Å². The summed E-state index contributed by atoms with van der Waals surface area (Å²) in [7, 11) is -3.79. The van der Waals surface area contributed by atoms with Crippen molar-refractivity contribution >= 4 is 50.7 Å². The molecule has 2 aromatic rings. The van der Waals surface area contributed by atoms with E-state index >= 15 is 0 Å². The van der Waals surface area contributed by atoms with Gasteiger partial charge in [-0.2, -0.15) is 0 Å². The molecule has 2 rings (SSSR count). The molecule has 2 aromatic carbocycles. The second-order valence-corrected chi connectivity index (χ2v) is 12.6. The molecule has 0 spiro atoms. The minimum absolute atomic E-state index is 0.0627. The number of carbonyl (C=O) groups is 2. The Hall–Kier alpha value is -2.29. The molecule has 0 saturated heterocycles. The van der Waals surface area contributed by atoms with Gasteiger partial charge in [-0.15, -0.1) is 0 Å². The molecule has 0 heterocycles. The Balaban J connectivity index is 2.44. The number of halogens is 2. The Morgan fingerprint density at radius 2 is 1.59 bits per heavy atom. The zero-order valence-electron chi connectivity index (χ0n) is 22.3. The molecule has 37 heavy (non-hydrogen) atoms. The number of benzene rings is 2. The summed E-state index contributed by atoms with van der Waals surface area (Å²) in [5.74, 6) is -0.290. The topological polar surface area (TPSA) is 86.8 Å². The van der Waals surface area contributed by atoms with Crippen LogP contribution in [0.15, 0.2) is 42.5 Å². The van der Waals surface area contributed by atoms with Crippen LogP contribution in [0.25, 0.3) is 0 Å². The number of rotatable bonds is 12. The van der Waals surface area contributed by atoms with Crippen LogP contribution in [0.2, 0.25) is 10.0 Å². The number of hydrogen-bond donors (Lipinski definition) is 1. The maximum Gasteiger partial charge on any atom is 0.244 e. The lowest BCUT2D eigenvalue weighted by Crippen LogP contribution is -2.52. The summed E-state index contributed by atoms with van der Waals surface area (Å²) in [6, 6.07) is 11.3. The van der Waals surface area contributed by atoms with Gasteiger partial charge in [0.15, 0.2) is 0 Å². The molecule has 10 heteroatoms. The van der Waals surface area contributed by atoms with Crippen molar-refractivity contribution < 1.29 is 18.0 Å². The third-order valence-electron chi connectivity index (χ3n) is 5.93. The van der Waals surface area contributed by atoms with Crippen molar-refractivity contribution in [2.45, 2.75) is 59.5 Å². The van der Waals surface area contributed by atoms with Gasteiger partial charge in [0.2, 0.25) is 21.8 Å². The van der Waals surface area contributed by atoms with Crippen LogP contribution in [0.1, 0.15) is 58.1 Å². The number of nitrogens with zero attached hydrogens (tertiary/aromatic N) is 2. The third-order valence-corrected chi connectivity index (χ3v) is 7.81. The third kappa shape index (κ3) is 8.90. The van der Waals surface area contributed by atoms with Crippen LogP contribution in [0.3, 0.4) is 0 Å². The van der Waals surface area contributed by atoms with E-state index in [1.165, 1.54) is 4.90 Å². The van der Waals surface area contributed by atoms with Crippen LogP contribution in [0, 0.1) is 5.92 Å². The van der Waals surface area contributed by atoms with E-state index in [9.17, 15) is 18.0 Å². The number of nitrogens with one attached hydrogen (secondary N) is 1. The van der Waals surface area contributed by atoms with Crippen LogP contribution in [-0.4, -0.2) is 50.5 Å². The first-order valence-electron chi connectivity index (χ1n) is 12.3. The molecule has 0 bridgehead atoms. The van der Waals surface area contributed by atoms with Crippen LogP contribution < -0.4 is 9.62 Å². The second-order valence-electron chi connectivity index (χ2n) is 9.85. The van der Waals surface area contributed by atoms with Gasteiger partial charge in [0.05, 0.1) is 22.0 Å². The lowest BCUT2D eigenvalue weighted by atomic mass is 10.0. The monoisotopic (exact) mass is 569 g/mol. The van der Waals surface area contributed by atoms with E-state index in [1.54, 1.807) is 30.3 Å². The number of amides is 2. The molecular formula is C27H37Cl2N3O4S. The molecule has 2 amide bonds. The van der Waals surface area contributed by atoms with Gasteiger partial charge in [-0.1, -0.05) is 76.0 Å². The van der Waals surface area contributed by atoms with Gasteiger partial charge >= 0.3 is 0 Å². The smallest absolute Gasteiger partial charge is 0.244 e. The van der Waals surface area contributed by atoms with Crippen molar-refractivity contribution in [3.8, 4) is 0 Å². The molecule has 0 aromatic heterocycles. The SMILES string of the molecule is CCC(C(=O)NCC(C)C)N(Cc1ccc(Cl)c(Cl)c1)C(=O)CN(c1ccc(C(C)C)cc1)S(C)(=O)=O. The molecule has 7 nitrogen and oxygen atoms in total. The highest BCUT2D eigenvalue weighted by Crippen LogP contribution is 2.25. The number of anilines is 1. The summed E-state index contributed by atoms with van der Waals surface area (Å²) >= 11 is 12.3. The summed E-state index contributed by atoms with van der Waals surface area (Å²) in [5, 5.41) is 3.59. The first kappa shape index (κ1) is 30.9. The fourth-order valence-corrected chi connectivity index (χ4v) is 4.99. The van der Waals surface area contributed by atoms with Gasteiger partial charge in [-0.25, -0.2) is 8.42 Å². The fraction of sp³-hybridized carbons (Fsp3) is 0.481. The standard InChI is InChI=1S/C27H37Cl2N3O4S/c1-7-25(27(34)30-15-18(2)3)31(16-20-8-13-23(28)24(29)14-20)26(33)17-32(37(6,35)36)22-11-9-21(10-12-22)19(4)5/h8-14,18-19,25H,7,15-17H2,1-6H3,(H,30,34). The van der Waals surface area contributed by atoms with Gasteiger partial charge in [-0.05, 0) is 53.6 Å². The largest absolute Gasteiger partial charge is 0.354 e. The van der Waals surface area contributed by atoms with Crippen molar-refractivity contribution in [1.29, 1.82) is 0 Å². The predicted molar refractivity (Wildman–Crippen MR) is 152 cm³/mol. The molecule has 0 aliphatic heterocycles. The lowest BCUT2D eigenvalue weighted by Gasteiger charge is -2.33. The number of carbonyl (C=O) groups excluding carboxylic acids is 2. The second kappa shape index (κ2) is 13.5. The molecule has 1 unspecified atom stereocenters. The Morgan fingerprint density at radius 3 is 2.08 bits per heavy atom. The van der Waals surface area contributed by atoms with Crippen molar-refractivity contribution in [3.63, 3.8) is 0 Å². The molecule has 204 valence electrons. The summed E-state index contributed by atoms with van der Waals surface area (Å²) in [5.41, 5.74) is 2.11. The minimum atomic E-state index is -3.79. The summed E-state index contributed by atoms with van der Waals surface area (Å²) in [6.07, 6.45) is 1.41. The zero-order chi connectivity index (χ0) is 27.9. The van der Waals surface area contributed by atoms with Gasteiger partial charge in [-0.3, -0.25) is 13.9 Å². The zero-order valence-corrected chi connectivity index (χ0v) is 24.6. The van der Waals surface area contributed by atoms with Gasteiger partial charge in [0.25, 0.3) is 0 Å². The van der Waals surface area contributed by atoms with E-state index in [1.807, 2.05) is 46.8 Å². The van der Waals surface area contributed by atoms with E-state index in [4.69, 9.17) is 23.2 Å². The Bertz CT molecular complexity index is 1180. The van der Waals surface area contributed by atoms with Gasteiger partial charge in [0.1, 0.15) is 12.6 Å². The number of sulfonamides is 1. The maximum atomic E-state index is 13.7. The van der Waals surface area contributed by atoms with E-state index in [0.717, 1.165) is 16.1 Å². The Labute approximate surface area is 231 Å². The van der Waals surface area contributed by atoms with E-state index in [0.29, 0.717) is 34.3 Å². The van der Waals surface area contributed by atoms with Crippen LogP contribution >= 0.6 is 23.2 Å². The normalized spacial score (nSPS) is 12.5. The Morgan fingerprint density at radius 1 is 0.973 bits per heavy atom. The Kier molecular flexibility index (Phi) is 11.3. The first-order chi connectivity index (χ1) is 17.2. The van der Waals surface area contributed by atoms with Crippen LogP contribution in [-0.2, 0) is 26.2 Å². The van der Waals surface area contributed by atoms with E-state index in [-0.39, 0.29) is 24.3 Å². The summed E-state index contributed by atoms with van der Waals surface area (Å²) < 4.78 is 26.6. The molecule has 0 radical (unpaired) electrons. The quantitative estimate of drug-likeness (QED) is 0.367. The van der Waals surface area contributed by atoms with Crippen molar-refractivity contribution in [3.05, 3.63) is 63.6 Å². The average Bonchev–Trinajstić information content (AvgIpc) is 2.82. The minimum Gasteiger partial charge on any atom is -0.354 e. The molecular weight excluding hydrogens is 533 g/mol. The first-order valence-corrected chi connectivity index (χ1v) is 14.9. The number of hydrogen-bond acceptors (Lipinski definition) is 4. The molecule has 0 saturated carbocycles. The predicted octanol–water partition coefficient (Wildman–Crippen LogP) is 5.46. The molecule has 1 atom stereocenters. The molecule has 0 fully saturated rings. The highest BCUT2D eigenvalue weighted by atomic mass is 35.5. The van der Waals surface area contributed by atoms with Gasteiger partial charge < -0.3 is 10.2 Å². The van der Waals surface area contributed by atoms with Crippen molar-refractivity contribution in [1.82, 2.24) is 10.2 Å². The average molecular weight is 571 g/mol. The summed E-state index contributed by atoms with van der Waals surface area (Å²) in [6.45, 7) is 9.94. The highest BCUT2D eigenvalue weighted by Gasteiger charge is 2.32. The van der Waals surface area contributed by atoms with Crippen LogP contribution in [0.5, 0.6) is 0 Å². The molecule has 0 aliphatic carbocycles. The van der Waals surface area contributed by atoms with E-state index < -0.39 is 28.5 Å².